The molecule has 2 rings (SSSR count). The maximum atomic E-state index is 12.8. The van der Waals surface area contributed by atoms with Crippen molar-refractivity contribution < 1.29 is 43.2 Å². The Bertz CT molecular complexity index is 1280. The fraction of sp³-hybridized carbons (Fsp3) is 0.231. The van der Waals surface area contributed by atoms with Crippen LogP contribution < -0.4 is 10.1 Å². The van der Waals surface area contributed by atoms with Gasteiger partial charge in [0.15, 0.2) is 5.70 Å². The van der Waals surface area contributed by atoms with Crippen molar-refractivity contribution in [1.82, 2.24) is 0 Å². The first-order valence-electron chi connectivity index (χ1n) is 11.1. The van der Waals surface area contributed by atoms with Gasteiger partial charge in [0, 0.05) is 11.3 Å². The number of carbonyl (C=O) groups excluding carboxylic acids is 4. The zero-order chi connectivity index (χ0) is 28.2. The second-order valence-electron chi connectivity index (χ2n) is 7.59. The summed E-state index contributed by atoms with van der Waals surface area (Å²) < 4.78 is 19.8. The van der Waals surface area contributed by atoms with Crippen LogP contribution in [0.25, 0.3) is 0 Å². The lowest BCUT2D eigenvalue weighted by Crippen LogP contribution is -2.15. The molecule has 0 saturated heterocycles. The molecule has 2 N–H and O–H groups in total. The van der Waals surface area contributed by atoms with E-state index >= 15 is 0 Å². The minimum atomic E-state index is -0.794. The summed E-state index contributed by atoms with van der Waals surface area (Å²) in [6, 6.07) is 10.1. The van der Waals surface area contributed by atoms with Gasteiger partial charge in [-0.2, -0.15) is 0 Å². The van der Waals surface area contributed by atoms with Crippen LogP contribution in [0.15, 0.2) is 76.3 Å². The quantitative estimate of drug-likeness (QED) is 0.109. The number of esters is 3. The molecule has 12 heteroatoms. The Morgan fingerprint density at radius 3 is 2.18 bits per heavy atom. The maximum absolute atomic E-state index is 12.8. The summed E-state index contributed by atoms with van der Waals surface area (Å²) in [6.45, 7) is 6.42. The Morgan fingerprint density at radius 1 is 0.947 bits per heavy atom. The van der Waals surface area contributed by atoms with Crippen molar-refractivity contribution in [2.45, 2.75) is 13.8 Å². The number of aliphatic hydroxyl groups excluding tert-OH is 1. The average molecular weight is 526 g/mol. The molecule has 0 radical (unpaired) electrons. The second kappa shape index (κ2) is 13.9. The molecule has 0 aliphatic rings. The highest BCUT2D eigenvalue weighted by Gasteiger charge is 2.18. The molecule has 38 heavy (non-hydrogen) atoms. The zero-order valence-electron chi connectivity index (χ0n) is 21.3. The van der Waals surface area contributed by atoms with Crippen molar-refractivity contribution in [2.24, 2.45) is 10.2 Å². The molecule has 2 aromatic carbocycles. The molecule has 0 bridgehead atoms. The number of benzene rings is 2. The van der Waals surface area contributed by atoms with Crippen molar-refractivity contribution in [2.75, 3.05) is 32.8 Å². The summed E-state index contributed by atoms with van der Waals surface area (Å²) in [5.41, 5.74) is 0.179. The lowest BCUT2D eigenvalue weighted by atomic mass is 10.1. The molecule has 0 aliphatic heterocycles. The van der Waals surface area contributed by atoms with Gasteiger partial charge in [-0.15, -0.1) is 10.2 Å². The van der Waals surface area contributed by atoms with E-state index in [1.54, 1.807) is 31.2 Å². The SMILES string of the molecule is C=C(C)C(=O)OCCOc1ccc(NC(=O)C(N=Nc2cc(C(=O)OC)ccc2C(=O)OC)=C(C)O)cc1. The minimum Gasteiger partial charge on any atom is -0.510 e. The van der Waals surface area contributed by atoms with Crippen LogP contribution >= 0.6 is 0 Å². The van der Waals surface area contributed by atoms with Crippen LogP contribution in [0, 0.1) is 0 Å². The van der Waals surface area contributed by atoms with E-state index in [1.165, 1.54) is 39.3 Å². The third-order valence-electron chi connectivity index (χ3n) is 4.69. The van der Waals surface area contributed by atoms with E-state index in [2.05, 4.69) is 26.9 Å². The number of hydrogen-bond acceptors (Lipinski definition) is 11. The summed E-state index contributed by atoms with van der Waals surface area (Å²) in [7, 11) is 2.36. The number of allylic oxidation sites excluding steroid dienone is 1. The Morgan fingerprint density at radius 2 is 1.61 bits per heavy atom. The van der Waals surface area contributed by atoms with Crippen LogP contribution in [0.3, 0.4) is 0 Å². The van der Waals surface area contributed by atoms with Gasteiger partial charge in [-0.25, -0.2) is 14.4 Å². The first-order valence-corrected chi connectivity index (χ1v) is 11.1. The van der Waals surface area contributed by atoms with Gasteiger partial charge in [0.05, 0.1) is 25.3 Å². The monoisotopic (exact) mass is 525 g/mol. The highest BCUT2D eigenvalue weighted by Crippen LogP contribution is 2.25. The first kappa shape index (κ1) is 29.2. The lowest BCUT2D eigenvalue weighted by molar-refractivity contribution is -0.139. The van der Waals surface area contributed by atoms with Gasteiger partial charge >= 0.3 is 17.9 Å². The number of nitrogens with zero attached hydrogens (tertiary/aromatic N) is 2. The van der Waals surface area contributed by atoms with Gasteiger partial charge in [-0.3, -0.25) is 4.79 Å². The van der Waals surface area contributed by atoms with Crippen LogP contribution in [0.2, 0.25) is 0 Å². The zero-order valence-corrected chi connectivity index (χ0v) is 21.3. The molecule has 0 spiro atoms. The number of amides is 1. The van der Waals surface area contributed by atoms with Gasteiger partial charge in [0.25, 0.3) is 5.91 Å². The number of nitrogens with one attached hydrogen (secondary N) is 1. The fourth-order valence-corrected chi connectivity index (χ4v) is 2.77. The molecule has 0 aliphatic carbocycles. The topological polar surface area (TPSA) is 162 Å². The van der Waals surface area contributed by atoms with Crippen molar-refractivity contribution in [3.8, 4) is 5.75 Å². The van der Waals surface area contributed by atoms with Crippen molar-refractivity contribution in [3.05, 3.63) is 77.2 Å². The molecule has 0 aromatic heterocycles. The van der Waals surface area contributed by atoms with E-state index in [0.29, 0.717) is 11.4 Å². The number of ether oxygens (including phenoxy) is 4. The number of rotatable bonds is 11. The van der Waals surface area contributed by atoms with Crippen LogP contribution in [0.4, 0.5) is 11.4 Å². The lowest BCUT2D eigenvalue weighted by Gasteiger charge is -2.09. The van der Waals surface area contributed by atoms with Crippen molar-refractivity contribution in [1.29, 1.82) is 0 Å². The largest absolute Gasteiger partial charge is 0.510 e. The van der Waals surface area contributed by atoms with Crippen LogP contribution in [0.1, 0.15) is 34.6 Å². The summed E-state index contributed by atoms with van der Waals surface area (Å²) in [5, 5.41) is 20.3. The Balaban J connectivity index is 2.13. The van der Waals surface area contributed by atoms with Crippen LogP contribution in [-0.2, 0) is 23.8 Å². The standard InChI is InChI=1S/C26H27N3O9/c1-15(2)24(32)38-13-12-37-19-9-7-18(8-10-19)27-23(31)22(16(3)30)29-28-21-14-17(25(33)35-4)6-11-20(21)26(34)36-5/h6-11,14,30H,1,12-13H2,2-5H3,(H,27,31). The van der Waals surface area contributed by atoms with E-state index in [-0.39, 0.29) is 35.6 Å². The number of hydrogen-bond donors (Lipinski definition) is 2. The smallest absolute Gasteiger partial charge is 0.340 e. The van der Waals surface area contributed by atoms with Gasteiger partial charge in [-0.1, -0.05) is 6.58 Å². The average Bonchev–Trinajstić information content (AvgIpc) is 2.90. The fourth-order valence-electron chi connectivity index (χ4n) is 2.77. The van der Waals surface area contributed by atoms with Crippen molar-refractivity contribution in [3.63, 3.8) is 0 Å². The van der Waals surface area contributed by atoms with E-state index in [4.69, 9.17) is 14.2 Å². The van der Waals surface area contributed by atoms with Crippen molar-refractivity contribution >= 4 is 35.2 Å². The molecule has 1 amide bonds. The van der Waals surface area contributed by atoms with E-state index in [1.807, 2.05) is 0 Å². The Hall–Kier alpha value is -5.00. The highest BCUT2D eigenvalue weighted by atomic mass is 16.6. The van der Waals surface area contributed by atoms with Gasteiger partial charge in [0.1, 0.15) is 30.4 Å². The maximum Gasteiger partial charge on any atom is 0.340 e. The molecule has 12 nitrogen and oxygen atoms in total. The highest BCUT2D eigenvalue weighted by molar-refractivity contribution is 6.04. The van der Waals surface area contributed by atoms with Gasteiger partial charge in [0.2, 0.25) is 0 Å². The van der Waals surface area contributed by atoms with Gasteiger partial charge < -0.3 is 29.4 Å². The third kappa shape index (κ3) is 8.29. The summed E-state index contributed by atoms with van der Waals surface area (Å²) >= 11 is 0. The first-order chi connectivity index (χ1) is 18.1. The van der Waals surface area contributed by atoms with Crippen LogP contribution in [0.5, 0.6) is 5.75 Å². The molecular weight excluding hydrogens is 498 g/mol. The predicted octanol–water partition coefficient (Wildman–Crippen LogP) is 4.27. The molecule has 0 atom stereocenters. The number of anilines is 1. The summed E-state index contributed by atoms with van der Waals surface area (Å²) in [6.07, 6.45) is 0. The molecule has 0 fully saturated rings. The third-order valence-corrected chi connectivity index (χ3v) is 4.69. The molecule has 2 aromatic rings. The van der Waals surface area contributed by atoms with Crippen LogP contribution in [-0.4, -0.2) is 56.4 Å². The molecule has 0 saturated carbocycles. The van der Waals surface area contributed by atoms with E-state index < -0.39 is 35.3 Å². The second-order valence-corrected chi connectivity index (χ2v) is 7.59. The van der Waals surface area contributed by atoms with E-state index in [9.17, 15) is 24.3 Å². The number of azo groups is 1. The van der Waals surface area contributed by atoms with E-state index in [0.717, 1.165) is 0 Å². The number of aliphatic hydroxyl groups is 1. The molecule has 0 unspecified atom stereocenters. The minimum absolute atomic E-state index is 0.0239. The molecule has 0 heterocycles. The number of carbonyl (C=O) groups is 4. The Kier molecular flexibility index (Phi) is 10.7. The summed E-state index contributed by atoms with van der Waals surface area (Å²) in [5.74, 6) is -2.71. The predicted molar refractivity (Wildman–Crippen MR) is 135 cm³/mol. The Labute approximate surface area is 218 Å². The summed E-state index contributed by atoms with van der Waals surface area (Å²) in [4.78, 5) is 48.1. The number of methoxy groups -OCH3 is 2. The normalized spacial score (nSPS) is 11.3. The molecular formula is C26H27N3O9. The van der Waals surface area contributed by atoms with Gasteiger partial charge in [-0.05, 0) is 56.3 Å². The molecule has 200 valence electrons.